The van der Waals surface area contributed by atoms with Crippen molar-refractivity contribution in [3.05, 3.63) is 29.8 Å². The Morgan fingerprint density at radius 1 is 1.21 bits per heavy atom. The van der Waals surface area contributed by atoms with Crippen molar-refractivity contribution in [2.75, 3.05) is 20.8 Å². The minimum atomic E-state index is -0.0431. The number of hydrogen-bond donors (Lipinski definition) is 0. The van der Waals surface area contributed by atoms with Gasteiger partial charge in [-0.2, -0.15) is 0 Å². The zero-order valence-corrected chi connectivity index (χ0v) is 11.8. The first kappa shape index (κ1) is 15.7. The molecule has 19 heavy (non-hydrogen) atoms. The number of hydrogen-bond acceptors (Lipinski definition) is 4. The Balaban J connectivity index is 2.32. The third-order valence-electron chi connectivity index (χ3n) is 2.93. The SMILES string of the molecule is COc1ccc(COC[C@@H](C[C@H](C)C=O)OC)cc1. The normalized spacial score (nSPS) is 13.8. The van der Waals surface area contributed by atoms with Gasteiger partial charge in [-0.25, -0.2) is 0 Å². The summed E-state index contributed by atoms with van der Waals surface area (Å²) in [5, 5.41) is 0. The van der Waals surface area contributed by atoms with Crippen LogP contribution in [0.3, 0.4) is 0 Å². The molecule has 0 amide bonds. The van der Waals surface area contributed by atoms with Gasteiger partial charge in [-0.05, 0) is 24.1 Å². The van der Waals surface area contributed by atoms with E-state index >= 15 is 0 Å². The fraction of sp³-hybridized carbons (Fsp3) is 0.533. The molecule has 1 rings (SSSR count). The minimum Gasteiger partial charge on any atom is -0.497 e. The van der Waals surface area contributed by atoms with E-state index in [1.807, 2.05) is 31.2 Å². The van der Waals surface area contributed by atoms with E-state index in [1.54, 1.807) is 14.2 Å². The molecule has 1 aromatic rings. The van der Waals surface area contributed by atoms with Gasteiger partial charge in [0.25, 0.3) is 0 Å². The molecule has 0 fully saturated rings. The van der Waals surface area contributed by atoms with Gasteiger partial charge in [0.15, 0.2) is 0 Å². The topological polar surface area (TPSA) is 44.8 Å². The van der Waals surface area contributed by atoms with E-state index in [-0.39, 0.29) is 12.0 Å². The summed E-state index contributed by atoms with van der Waals surface area (Å²) in [6.07, 6.45) is 1.58. The van der Waals surface area contributed by atoms with Crippen molar-refractivity contribution in [3.63, 3.8) is 0 Å². The first-order chi connectivity index (χ1) is 9.19. The number of methoxy groups -OCH3 is 2. The number of rotatable bonds is 9. The van der Waals surface area contributed by atoms with Crippen LogP contribution in [-0.2, 0) is 20.9 Å². The molecule has 0 aliphatic heterocycles. The Morgan fingerprint density at radius 3 is 2.42 bits per heavy atom. The van der Waals surface area contributed by atoms with Crippen LogP contribution in [-0.4, -0.2) is 33.2 Å². The highest BCUT2D eigenvalue weighted by Gasteiger charge is 2.12. The maximum Gasteiger partial charge on any atom is 0.122 e. The molecule has 0 aliphatic carbocycles. The largest absolute Gasteiger partial charge is 0.497 e. The maximum absolute atomic E-state index is 10.6. The van der Waals surface area contributed by atoms with Crippen LogP contribution < -0.4 is 4.74 Å². The van der Waals surface area contributed by atoms with Crippen LogP contribution in [0.4, 0.5) is 0 Å². The van der Waals surface area contributed by atoms with Gasteiger partial charge >= 0.3 is 0 Å². The summed E-state index contributed by atoms with van der Waals surface area (Å²) >= 11 is 0. The molecule has 1 aromatic carbocycles. The number of aldehydes is 1. The molecule has 0 bridgehead atoms. The molecule has 4 nitrogen and oxygen atoms in total. The monoisotopic (exact) mass is 266 g/mol. The quantitative estimate of drug-likeness (QED) is 0.644. The lowest BCUT2D eigenvalue weighted by molar-refractivity contribution is -0.112. The summed E-state index contributed by atoms with van der Waals surface area (Å²) in [7, 11) is 3.28. The molecular formula is C15H22O4. The molecule has 0 heterocycles. The Hall–Kier alpha value is -1.39. The number of ether oxygens (including phenoxy) is 3. The summed E-state index contributed by atoms with van der Waals surface area (Å²) in [5.74, 6) is 0.827. The lowest BCUT2D eigenvalue weighted by Gasteiger charge is -2.17. The van der Waals surface area contributed by atoms with E-state index in [0.29, 0.717) is 19.6 Å². The van der Waals surface area contributed by atoms with Gasteiger partial charge in [0, 0.05) is 13.0 Å². The number of carbonyl (C=O) groups is 1. The summed E-state index contributed by atoms with van der Waals surface area (Å²) in [6.45, 7) is 2.89. The van der Waals surface area contributed by atoms with Crippen LogP contribution in [0.15, 0.2) is 24.3 Å². The molecule has 4 heteroatoms. The highest BCUT2D eigenvalue weighted by Crippen LogP contribution is 2.13. The molecule has 2 atom stereocenters. The Labute approximate surface area is 114 Å². The molecule has 0 saturated heterocycles. The summed E-state index contributed by atoms with van der Waals surface area (Å²) < 4.78 is 16.0. The molecule has 0 unspecified atom stereocenters. The number of carbonyl (C=O) groups excluding carboxylic acids is 1. The molecule has 0 saturated carbocycles. The molecule has 106 valence electrons. The third kappa shape index (κ3) is 5.85. The Bertz CT molecular complexity index is 361. The van der Waals surface area contributed by atoms with Crippen LogP contribution in [0.5, 0.6) is 5.75 Å². The van der Waals surface area contributed by atoms with Crippen LogP contribution in [0, 0.1) is 5.92 Å². The van der Waals surface area contributed by atoms with Gasteiger partial charge in [-0.3, -0.25) is 0 Å². The second-order valence-corrected chi connectivity index (χ2v) is 4.57. The van der Waals surface area contributed by atoms with Gasteiger partial charge < -0.3 is 19.0 Å². The van der Waals surface area contributed by atoms with Crippen LogP contribution in [0.25, 0.3) is 0 Å². The lowest BCUT2D eigenvalue weighted by atomic mass is 10.1. The third-order valence-corrected chi connectivity index (χ3v) is 2.93. The van der Waals surface area contributed by atoms with Crippen LogP contribution in [0.2, 0.25) is 0 Å². The van der Waals surface area contributed by atoms with Gasteiger partial charge in [0.05, 0.1) is 26.4 Å². The minimum absolute atomic E-state index is 0.00506. The van der Waals surface area contributed by atoms with E-state index in [9.17, 15) is 4.79 Å². The fourth-order valence-corrected chi connectivity index (χ4v) is 1.73. The zero-order valence-electron chi connectivity index (χ0n) is 11.8. The van der Waals surface area contributed by atoms with Crippen molar-refractivity contribution in [1.82, 2.24) is 0 Å². The summed E-state index contributed by atoms with van der Waals surface area (Å²) in [5.41, 5.74) is 1.08. The first-order valence-electron chi connectivity index (χ1n) is 6.38. The van der Waals surface area contributed by atoms with Crippen LogP contribution >= 0.6 is 0 Å². The molecule has 0 aromatic heterocycles. The maximum atomic E-state index is 10.6. The summed E-state index contributed by atoms with van der Waals surface area (Å²) in [4.78, 5) is 10.6. The van der Waals surface area contributed by atoms with Crippen molar-refractivity contribution in [2.24, 2.45) is 5.92 Å². The van der Waals surface area contributed by atoms with Gasteiger partial charge in [0.2, 0.25) is 0 Å². The predicted molar refractivity (Wildman–Crippen MR) is 73.3 cm³/mol. The molecule has 0 aliphatic rings. The van der Waals surface area contributed by atoms with Crippen molar-refractivity contribution in [1.29, 1.82) is 0 Å². The second-order valence-electron chi connectivity index (χ2n) is 4.57. The molecular weight excluding hydrogens is 244 g/mol. The van der Waals surface area contributed by atoms with Crippen molar-refractivity contribution in [3.8, 4) is 5.75 Å². The highest BCUT2D eigenvalue weighted by atomic mass is 16.5. The molecule has 0 spiro atoms. The van der Waals surface area contributed by atoms with Gasteiger partial charge in [0.1, 0.15) is 12.0 Å². The summed E-state index contributed by atoms with van der Waals surface area (Å²) in [6, 6.07) is 7.74. The van der Waals surface area contributed by atoms with E-state index in [4.69, 9.17) is 14.2 Å². The Morgan fingerprint density at radius 2 is 1.89 bits per heavy atom. The zero-order chi connectivity index (χ0) is 14.1. The highest BCUT2D eigenvalue weighted by molar-refractivity contribution is 5.52. The van der Waals surface area contributed by atoms with Gasteiger partial charge in [-0.15, -0.1) is 0 Å². The predicted octanol–water partition coefficient (Wildman–Crippen LogP) is 2.45. The number of benzene rings is 1. The standard InChI is InChI=1S/C15H22O4/c1-12(9-16)8-15(18-3)11-19-10-13-4-6-14(17-2)7-5-13/h4-7,9,12,15H,8,10-11H2,1-3H3/t12-,15+/m0/s1. The van der Waals surface area contributed by atoms with Crippen molar-refractivity contribution in [2.45, 2.75) is 26.1 Å². The van der Waals surface area contributed by atoms with E-state index in [1.165, 1.54) is 0 Å². The average molecular weight is 266 g/mol. The van der Waals surface area contributed by atoms with Crippen molar-refractivity contribution < 1.29 is 19.0 Å². The molecule has 0 radical (unpaired) electrons. The van der Waals surface area contributed by atoms with E-state index in [2.05, 4.69) is 0 Å². The van der Waals surface area contributed by atoms with Crippen LogP contribution in [0.1, 0.15) is 18.9 Å². The molecule has 0 N–H and O–H groups in total. The lowest BCUT2D eigenvalue weighted by Crippen LogP contribution is -2.21. The van der Waals surface area contributed by atoms with Crippen molar-refractivity contribution >= 4 is 6.29 Å². The van der Waals surface area contributed by atoms with E-state index in [0.717, 1.165) is 17.6 Å². The Kier molecular flexibility index (Phi) is 7.15. The van der Waals surface area contributed by atoms with Gasteiger partial charge in [-0.1, -0.05) is 19.1 Å². The second kappa shape index (κ2) is 8.67. The van der Waals surface area contributed by atoms with E-state index < -0.39 is 0 Å². The smallest absolute Gasteiger partial charge is 0.122 e. The first-order valence-corrected chi connectivity index (χ1v) is 6.38. The average Bonchev–Trinajstić information content (AvgIpc) is 2.46. The fourth-order valence-electron chi connectivity index (χ4n) is 1.73.